The van der Waals surface area contributed by atoms with Gasteiger partial charge >= 0.3 is 11.9 Å². The molecule has 14 heteroatoms. The molecule has 0 aromatic heterocycles. The van der Waals surface area contributed by atoms with Crippen LogP contribution in [0.5, 0.6) is 17.2 Å². The third kappa shape index (κ3) is 7.69. The number of carbonyl (C=O) groups is 4. The Hall–Kier alpha value is -4.78. The van der Waals surface area contributed by atoms with Crippen molar-refractivity contribution < 1.29 is 43.6 Å². The molecule has 3 aromatic carbocycles. The van der Waals surface area contributed by atoms with E-state index >= 15 is 0 Å². The zero-order valence-corrected chi connectivity index (χ0v) is 30.9. The lowest BCUT2D eigenvalue weighted by Gasteiger charge is -2.61. The summed E-state index contributed by atoms with van der Waals surface area (Å²) in [5.74, 6) is -2.53. The second-order valence-corrected chi connectivity index (χ2v) is 13.3. The molecule has 278 valence electrons. The number of piperidine rings is 1. The number of nitrogens with zero attached hydrogens (tertiary/aromatic N) is 1. The Morgan fingerprint density at radius 1 is 0.923 bits per heavy atom. The van der Waals surface area contributed by atoms with Gasteiger partial charge in [-0.3, -0.25) is 9.59 Å². The van der Waals surface area contributed by atoms with Crippen LogP contribution in [0.2, 0.25) is 10.0 Å². The van der Waals surface area contributed by atoms with Crippen LogP contribution in [0, 0.1) is 5.92 Å². The van der Waals surface area contributed by atoms with Gasteiger partial charge in [0.25, 0.3) is 5.91 Å². The van der Waals surface area contributed by atoms with Crippen LogP contribution in [0.25, 0.3) is 0 Å². The van der Waals surface area contributed by atoms with Gasteiger partial charge in [0, 0.05) is 36.7 Å². The molecule has 0 bridgehead atoms. The van der Waals surface area contributed by atoms with Crippen LogP contribution >= 0.6 is 23.2 Å². The number of hydrogen-bond donors (Lipinski definition) is 4. The van der Waals surface area contributed by atoms with Crippen molar-refractivity contribution in [2.45, 2.75) is 43.1 Å². The number of benzene rings is 3. The van der Waals surface area contributed by atoms with E-state index in [9.17, 15) is 19.2 Å². The fourth-order valence-electron chi connectivity index (χ4n) is 7.96. The minimum absolute atomic E-state index is 0.000630. The number of carboxylic acid groups (broad SMARTS) is 2. The van der Waals surface area contributed by atoms with E-state index in [0.717, 1.165) is 24.1 Å². The maximum atomic E-state index is 14.9. The number of primary amides is 1. The van der Waals surface area contributed by atoms with Gasteiger partial charge in [0.2, 0.25) is 11.7 Å². The zero-order chi connectivity index (χ0) is 38.2. The monoisotopic (exact) mass is 755 g/mol. The lowest BCUT2D eigenvalue weighted by atomic mass is 9.51. The molecule has 12 nitrogen and oxygen atoms in total. The van der Waals surface area contributed by atoms with Gasteiger partial charge in [-0.05, 0) is 67.1 Å². The number of carbonyl (C=O) groups excluding carboxylic acids is 2. The number of aliphatic carboxylic acids is 2. The maximum Gasteiger partial charge on any atom is 0.328 e. The van der Waals surface area contributed by atoms with Gasteiger partial charge in [-0.2, -0.15) is 0 Å². The molecule has 2 amide bonds. The van der Waals surface area contributed by atoms with E-state index in [-0.39, 0.29) is 11.8 Å². The number of rotatable bonds is 11. The molecule has 2 fully saturated rings. The number of amides is 2. The van der Waals surface area contributed by atoms with Gasteiger partial charge in [0.15, 0.2) is 11.5 Å². The summed E-state index contributed by atoms with van der Waals surface area (Å²) in [6, 6.07) is 18.5. The Morgan fingerprint density at radius 3 is 2.00 bits per heavy atom. The molecular formula is C38H43Cl2N3O9. The lowest BCUT2D eigenvalue weighted by molar-refractivity contribution is -0.134. The largest absolute Gasteiger partial charge is 0.493 e. The van der Waals surface area contributed by atoms with Crippen molar-refractivity contribution in [1.82, 2.24) is 10.2 Å². The highest BCUT2D eigenvalue weighted by Crippen LogP contribution is 2.59. The first kappa shape index (κ1) is 40.0. The summed E-state index contributed by atoms with van der Waals surface area (Å²) in [5, 5.41) is 19.9. The number of carboxylic acids is 2. The van der Waals surface area contributed by atoms with Crippen LogP contribution < -0.4 is 25.3 Å². The van der Waals surface area contributed by atoms with E-state index in [1.807, 2.05) is 47.4 Å². The molecule has 5 rings (SSSR count). The number of likely N-dealkylation sites (tertiary alicyclic amines) is 1. The summed E-state index contributed by atoms with van der Waals surface area (Å²) in [7, 11) is 4.57. The predicted octanol–water partition coefficient (Wildman–Crippen LogP) is 5.54. The Balaban J connectivity index is 0.000000677. The first-order valence-corrected chi connectivity index (χ1v) is 17.3. The van der Waals surface area contributed by atoms with Crippen molar-refractivity contribution in [1.29, 1.82) is 0 Å². The highest BCUT2D eigenvalue weighted by Gasteiger charge is 2.64. The number of hydrogen-bond acceptors (Lipinski definition) is 8. The van der Waals surface area contributed by atoms with Gasteiger partial charge in [0.1, 0.15) is 0 Å². The minimum Gasteiger partial charge on any atom is -0.493 e. The molecule has 2 aliphatic heterocycles. The average Bonchev–Trinajstić information content (AvgIpc) is 3.70. The molecule has 3 aromatic rings. The van der Waals surface area contributed by atoms with E-state index < -0.39 is 34.7 Å². The molecular weight excluding hydrogens is 713 g/mol. The summed E-state index contributed by atoms with van der Waals surface area (Å²) >= 11 is 13.1. The molecule has 5 N–H and O–H groups in total. The van der Waals surface area contributed by atoms with Crippen molar-refractivity contribution in [2.75, 3.05) is 41.0 Å². The van der Waals surface area contributed by atoms with Crippen LogP contribution in [0.1, 0.15) is 53.6 Å². The molecule has 4 unspecified atom stereocenters. The quantitative estimate of drug-likeness (QED) is 0.182. The van der Waals surface area contributed by atoms with Crippen LogP contribution in [0.3, 0.4) is 0 Å². The molecule has 4 atom stereocenters. The molecule has 0 aliphatic carbocycles. The zero-order valence-electron chi connectivity index (χ0n) is 29.4. The van der Waals surface area contributed by atoms with Gasteiger partial charge in [-0.25, -0.2) is 9.59 Å². The number of methoxy groups -OCH3 is 3. The molecule has 2 saturated heterocycles. The van der Waals surface area contributed by atoms with Gasteiger partial charge in [-0.1, -0.05) is 66.5 Å². The number of ether oxygens (including phenoxy) is 3. The Kier molecular flexibility index (Phi) is 13.2. The topological polar surface area (TPSA) is 178 Å². The fourth-order valence-corrected chi connectivity index (χ4v) is 8.26. The minimum atomic E-state index is -1.26. The predicted molar refractivity (Wildman–Crippen MR) is 197 cm³/mol. The Bertz CT molecular complexity index is 1780. The Morgan fingerprint density at radius 2 is 1.54 bits per heavy atom. The molecule has 52 heavy (non-hydrogen) atoms. The van der Waals surface area contributed by atoms with Gasteiger partial charge < -0.3 is 40.4 Å². The number of nitrogens with two attached hydrogens (primary N) is 1. The first-order chi connectivity index (χ1) is 24.8. The molecule has 0 spiro atoms. The van der Waals surface area contributed by atoms with Gasteiger partial charge in [0.05, 0.1) is 42.3 Å². The van der Waals surface area contributed by atoms with E-state index in [4.69, 9.17) is 53.4 Å². The Labute approximate surface area is 312 Å². The second kappa shape index (κ2) is 17.2. The third-order valence-electron chi connectivity index (χ3n) is 10.1. The second-order valence-electron chi connectivity index (χ2n) is 12.5. The number of nitrogens with one attached hydrogen (secondary N) is 1. The molecule has 0 radical (unpaired) electrons. The van der Waals surface area contributed by atoms with E-state index in [1.165, 1.54) is 21.3 Å². The highest BCUT2D eigenvalue weighted by atomic mass is 35.5. The van der Waals surface area contributed by atoms with Crippen molar-refractivity contribution in [3.8, 4) is 17.2 Å². The van der Waals surface area contributed by atoms with Crippen molar-refractivity contribution >= 4 is 47.0 Å². The summed E-state index contributed by atoms with van der Waals surface area (Å²) in [6.07, 6.45) is 2.80. The summed E-state index contributed by atoms with van der Waals surface area (Å²) < 4.78 is 16.7. The summed E-state index contributed by atoms with van der Waals surface area (Å²) in [6.45, 7) is 3.85. The normalized spacial score (nSPS) is 22.6. The van der Waals surface area contributed by atoms with Crippen molar-refractivity contribution in [3.63, 3.8) is 0 Å². The van der Waals surface area contributed by atoms with Crippen LogP contribution in [-0.2, 0) is 19.8 Å². The lowest BCUT2D eigenvalue weighted by Crippen LogP contribution is -2.70. The van der Waals surface area contributed by atoms with Gasteiger partial charge in [-0.15, -0.1) is 0 Å². The van der Waals surface area contributed by atoms with E-state index in [2.05, 4.69) is 12.2 Å². The molecule has 2 heterocycles. The van der Waals surface area contributed by atoms with E-state index in [0.29, 0.717) is 70.9 Å². The fraction of sp³-hybridized carbons (Fsp3) is 0.368. The van der Waals surface area contributed by atoms with Crippen LogP contribution in [0.15, 0.2) is 72.8 Å². The standard InChI is InChI=1S/C34H39Cl2N3O5.C4H4O4/c1-5-34(24-13-15-38-20-24)30(21-11-12-25(35)26(36)17-21)33(32(37)41,23-9-7-6-8-10-23)14-16-39(34)31(40)22-18-27(42-2)29(44-4)28(19-22)43-3;5-3(6)1-2-4(7)8/h6-12,17-19,24,30,38H,5,13-16,20H2,1-4H3,(H2,37,41);1-2H,(H,5,6)(H,7,8). The van der Waals surface area contributed by atoms with Crippen molar-refractivity contribution in [2.24, 2.45) is 11.7 Å². The summed E-state index contributed by atoms with van der Waals surface area (Å²) in [5.41, 5.74) is 6.51. The van der Waals surface area contributed by atoms with Crippen LogP contribution in [0.4, 0.5) is 0 Å². The summed E-state index contributed by atoms with van der Waals surface area (Å²) in [4.78, 5) is 50.0. The SMILES string of the molecule is CCC1(C2CCNC2)C(c2ccc(Cl)c(Cl)c2)C(C(N)=O)(c2ccccc2)CCN1C(=O)c1cc(OC)c(OC)c(OC)c1.O=C(O)C=CC(=O)O. The third-order valence-corrected chi connectivity index (χ3v) is 10.8. The maximum absolute atomic E-state index is 14.9. The number of halogens is 2. The molecule has 2 aliphatic rings. The highest BCUT2D eigenvalue weighted by molar-refractivity contribution is 6.42. The average molecular weight is 757 g/mol. The van der Waals surface area contributed by atoms with E-state index in [1.54, 1.807) is 18.2 Å². The first-order valence-electron chi connectivity index (χ1n) is 16.6. The molecule has 0 saturated carbocycles. The smallest absolute Gasteiger partial charge is 0.328 e. The van der Waals surface area contributed by atoms with Crippen molar-refractivity contribution in [3.05, 3.63) is 99.6 Å². The van der Waals surface area contributed by atoms with Crippen LogP contribution in [-0.4, -0.2) is 85.4 Å².